The molecule has 7 rings (SSSR count). The zero-order valence-corrected chi connectivity index (χ0v) is 29.0. The summed E-state index contributed by atoms with van der Waals surface area (Å²) >= 11 is 0. The van der Waals surface area contributed by atoms with E-state index in [0.29, 0.717) is 47.9 Å². The third-order valence-electron chi connectivity index (χ3n) is 10.0. The molecule has 2 heterocycles. The van der Waals surface area contributed by atoms with Crippen LogP contribution in [0.1, 0.15) is 39.9 Å². The number of methoxy groups -OCH3 is 2. The van der Waals surface area contributed by atoms with Crippen molar-refractivity contribution in [2.45, 2.75) is 55.7 Å². The molecule has 0 saturated heterocycles. The van der Waals surface area contributed by atoms with Crippen molar-refractivity contribution >= 4 is 17.7 Å². The van der Waals surface area contributed by atoms with Crippen LogP contribution in [0.5, 0.6) is 23.0 Å². The molecule has 3 amide bonds. The fourth-order valence-corrected chi connectivity index (χ4v) is 7.34. The minimum Gasteiger partial charge on any atom is -0.497 e. The molecule has 0 bridgehead atoms. The predicted molar refractivity (Wildman–Crippen MR) is 192 cm³/mol. The molecular weight excluding hydrogens is 662 g/mol. The van der Waals surface area contributed by atoms with Gasteiger partial charge in [0.25, 0.3) is 18.0 Å². The highest BCUT2D eigenvalue weighted by molar-refractivity contribution is 5.98. The van der Waals surface area contributed by atoms with Gasteiger partial charge >= 0.3 is 0 Å². The molecule has 11 nitrogen and oxygen atoms in total. The van der Waals surface area contributed by atoms with Gasteiger partial charge in [-0.25, -0.2) is 0 Å². The first kappa shape index (κ1) is 34.6. The number of aliphatic hydroxyl groups excluding tert-OH is 1. The van der Waals surface area contributed by atoms with E-state index in [-0.39, 0.29) is 19.1 Å². The first-order valence-electron chi connectivity index (χ1n) is 17.3. The number of amides is 3. The highest BCUT2D eigenvalue weighted by Gasteiger charge is 2.53. The van der Waals surface area contributed by atoms with Crippen LogP contribution in [0.25, 0.3) is 0 Å². The summed E-state index contributed by atoms with van der Waals surface area (Å²) in [5.41, 5.74) is 2.43. The molecular formula is C41H41N3O8. The van der Waals surface area contributed by atoms with Crippen molar-refractivity contribution < 1.29 is 38.4 Å². The molecule has 0 unspecified atom stereocenters. The van der Waals surface area contributed by atoms with Crippen LogP contribution in [-0.4, -0.2) is 73.0 Å². The van der Waals surface area contributed by atoms with E-state index >= 15 is 0 Å². The third kappa shape index (κ3) is 6.91. The zero-order chi connectivity index (χ0) is 36.2. The summed E-state index contributed by atoms with van der Waals surface area (Å²) < 4.78 is 23.5. The van der Waals surface area contributed by atoms with Gasteiger partial charge in [-0.15, -0.1) is 0 Å². The Hall–Kier alpha value is -5.81. The molecule has 3 N–H and O–H groups in total. The number of carbonyl (C=O) groups excluding carboxylic acids is 3. The number of para-hydroxylation sites is 1. The second kappa shape index (κ2) is 14.8. The quantitative estimate of drug-likeness (QED) is 0.155. The Morgan fingerprint density at radius 2 is 1.63 bits per heavy atom. The number of nitrogens with one attached hydrogen (secondary N) is 2. The number of aliphatic hydroxyl groups is 1. The summed E-state index contributed by atoms with van der Waals surface area (Å²) in [6.07, 6.45) is 2.50. The first-order chi connectivity index (χ1) is 25.3. The Labute approximate surface area is 302 Å². The van der Waals surface area contributed by atoms with E-state index < -0.39 is 41.5 Å². The van der Waals surface area contributed by atoms with Crippen LogP contribution in [0.15, 0.2) is 109 Å². The Morgan fingerprint density at radius 3 is 2.35 bits per heavy atom. The van der Waals surface area contributed by atoms with Crippen LogP contribution in [0.3, 0.4) is 0 Å². The van der Waals surface area contributed by atoms with Gasteiger partial charge in [0.2, 0.25) is 5.91 Å². The highest BCUT2D eigenvalue weighted by Crippen LogP contribution is 2.55. The van der Waals surface area contributed by atoms with Crippen LogP contribution in [0.4, 0.5) is 0 Å². The number of hydrogen-bond donors (Lipinski definition) is 3. The smallest absolute Gasteiger partial charge is 0.285 e. The van der Waals surface area contributed by atoms with Gasteiger partial charge in [-0.3, -0.25) is 14.4 Å². The summed E-state index contributed by atoms with van der Waals surface area (Å²) in [4.78, 5) is 43.9. The van der Waals surface area contributed by atoms with E-state index in [0.717, 1.165) is 16.7 Å². The third-order valence-corrected chi connectivity index (χ3v) is 10.0. The molecule has 0 aromatic heterocycles. The second-order valence-electron chi connectivity index (χ2n) is 13.2. The monoisotopic (exact) mass is 703 g/mol. The van der Waals surface area contributed by atoms with Gasteiger partial charge in [-0.2, -0.15) is 0 Å². The molecule has 3 aliphatic rings. The minimum atomic E-state index is -1.42. The van der Waals surface area contributed by atoms with Gasteiger partial charge in [0.1, 0.15) is 23.6 Å². The Kier molecular flexibility index (Phi) is 9.86. The average Bonchev–Trinajstić information content (AvgIpc) is 3.41. The lowest BCUT2D eigenvalue weighted by Gasteiger charge is -2.36. The molecule has 1 spiro atoms. The second-order valence-corrected chi connectivity index (χ2v) is 13.2. The maximum atomic E-state index is 14.6. The van der Waals surface area contributed by atoms with Gasteiger partial charge in [0.05, 0.1) is 25.7 Å². The van der Waals surface area contributed by atoms with E-state index in [1.54, 1.807) is 73.7 Å². The number of carbonyl (C=O) groups is 3. The maximum absolute atomic E-state index is 14.6. The lowest BCUT2D eigenvalue weighted by Crippen LogP contribution is -2.57. The van der Waals surface area contributed by atoms with Gasteiger partial charge in [-0.05, 0) is 60.0 Å². The van der Waals surface area contributed by atoms with E-state index in [4.69, 9.17) is 18.9 Å². The molecule has 4 aromatic rings. The molecule has 4 aromatic carbocycles. The van der Waals surface area contributed by atoms with Crippen LogP contribution in [0.2, 0.25) is 0 Å². The first-order valence-corrected chi connectivity index (χ1v) is 17.3. The summed E-state index contributed by atoms with van der Waals surface area (Å²) in [5, 5.41) is 16.2. The molecule has 0 radical (unpaired) electrons. The van der Waals surface area contributed by atoms with E-state index in [1.165, 1.54) is 0 Å². The predicted octanol–water partition coefficient (Wildman–Crippen LogP) is 4.32. The van der Waals surface area contributed by atoms with Crippen molar-refractivity contribution in [1.29, 1.82) is 0 Å². The fraction of sp³-hybridized carbons (Fsp3) is 0.293. The minimum absolute atomic E-state index is 0.171. The number of nitrogens with zero attached hydrogens (tertiary/aromatic N) is 1. The summed E-state index contributed by atoms with van der Waals surface area (Å²) in [6.45, 7) is 0.549. The lowest BCUT2D eigenvalue weighted by molar-refractivity contribution is -0.144. The zero-order valence-electron chi connectivity index (χ0n) is 29.0. The van der Waals surface area contributed by atoms with Gasteiger partial charge in [-0.1, -0.05) is 66.7 Å². The van der Waals surface area contributed by atoms with Crippen LogP contribution < -0.4 is 29.6 Å². The number of hydrogen-bond acceptors (Lipinski definition) is 8. The molecule has 0 fully saturated rings. The standard InChI is InChI=1S/C41H41N3O8/c1-49-30-16-13-27(14-17-30)37(46)42-32(23-26-9-5-3-6-10-26)38(47)43-39(51-31-11-7-4-8-12-31)40(48)44-22-21-41-20-19-29(45)24-34(41)52-36-33(50-2)18-15-28(25-44)35(36)41/h3-20,29,32,34,39,45H,21-25H2,1-2H3,(H,42,46)(H,43,47)/t29-,32-,34-,39-,41-/m0/s1. The SMILES string of the molecule is COc1ccc(C(=O)N[C@@H](Cc2ccccc2)C(=O)N[C@@H](Oc2ccccc2)C(=O)N2CC[C@@]34C=C[C@H](O)C[C@@H]3Oc3c(OC)ccc(c34)C2)cc1. The number of benzene rings is 4. The molecule has 0 saturated carbocycles. The molecule has 5 atom stereocenters. The van der Waals surface area contributed by atoms with E-state index in [2.05, 4.69) is 10.6 Å². The number of rotatable bonds is 11. The number of ether oxygens (including phenoxy) is 4. The van der Waals surface area contributed by atoms with Gasteiger partial charge < -0.3 is 39.6 Å². The van der Waals surface area contributed by atoms with Crippen molar-refractivity contribution in [3.05, 3.63) is 131 Å². The summed E-state index contributed by atoms with van der Waals surface area (Å²) in [6, 6.07) is 27.4. The van der Waals surface area contributed by atoms with Gasteiger partial charge in [0.15, 0.2) is 11.5 Å². The van der Waals surface area contributed by atoms with Crippen LogP contribution in [0, 0.1) is 0 Å². The van der Waals surface area contributed by atoms with Crippen molar-refractivity contribution in [2.24, 2.45) is 0 Å². The maximum Gasteiger partial charge on any atom is 0.285 e. The van der Waals surface area contributed by atoms with Gasteiger partial charge in [0, 0.05) is 37.1 Å². The van der Waals surface area contributed by atoms with Crippen molar-refractivity contribution in [1.82, 2.24) is 15.5 Å². The largest absolute Gasteiger partial charge is 0.497 e. The van der Waals surface area contributed by atoms with E-state index in [9.17, 15) is 19.5 Å². The van der Waals surface area contributed by atoms with E-state index in [1.807, 2.05) is 54.6 Å². The molecule has 268 valence electrons. The Balaban J connectivity index is 1.18. The highest BCUT2D eigenvalue weighted by atomic mass is 16.5. The fourth-order valence-electron chi connectivity index (χ4n) is 7.34. The van der Waals surface area contributed by atoms with Crippen LogP contribution >= 0.6 is 0 Å². The normalized spacial score (nSPS) is 20.9. The topological polar surface area (TPSA) is 136 Å². The summed E-state index contributed by atoms with van der Waals surface area (Å²) in [5.74, 6) is 0.711. The Morgan fingerprint density at radius 1 is 0.904 bits per heavy atom. The molecule has 1 aliphatic carbocycles. The molecule has 2 aliphatic heterocycles. The lowest BCUT2D eigenvalue weighted by atomic mass is 9.69. The van der Waals surface area contributed by atoms with Crippen LogP contribution in [-0.2, 0) is 28.0 Å². The molecule has 11 heteroatoms. The Bertz CT molecular complexity index is 1950. The van der Waals surface area contributed by atoms with Crippen molar-refractivity contribution in [3.63, 3.8) is 0 Å². The van der Waals surface area contributed by atoms with Crippen molar-refractivity contribution in [2.75, 3.05) is 20.8 Å². The summed E-state index contributed by atoms with van der Waals surface area (Å²) in [7, 11) is 3.13. The molecule has 52 heavy (non-hydrogen) atoms. The van der Waals surface area contributed by atoms with Crippen molar-refractivity contribution in [3.8, 4) is 23.0 Å². The average molecular weight is 704 g/mol.